The summed E-state index contributed by atoms with van der Waals surface area (Å²) < 4.78 is 0. The molecule has 2 heteroatoms. The first kappa shape index (κ1) is 11.3. The topological polar surface area (TPSA) is 29.1 Å². The third-order valence-corrected chi connectivity index (χ3v) is 3.51. The molecule has 0 amide bonds. The van der Waals surface area contributed by atoms with Crippen LogP contribution in [0.25, 0.3) is 0 Å². The summed E-state index contributed by atoms with van der Waals surface area (Å²) in [5, 5.41) is 3.45. The quantitative estimate of drug-likeness (QED) is 0.786. The van der Waals surface area contributed by atoms with E-state index in [9.17, 15) is 4.79 Å². The van der Waals surface area contributed by atoms with Crippen LogP contribution in [-0.2, 0) is 10.3 Å². The lowest BCUT2D eigenvalue weighted by atomic mass is 9.87. The minimum absolute atomic E-state index is 0.276. The van der Waals surface area contributed by atoms with Gasteiger partial charge in [0, 0.05) is 6.04 Å². The SMILES string of the molecule is CCCCC1(C=O)NC(C)c2ccccc21. The maximum absolute atomic E-state index is 11.5. The van der Waals surface area contributed by atoms with E-state index in [0.29, 0.717) is 0 Å². The lowest BCUT2D eigenvalue weighted by Gasteiger charge is -2.24. The second kappa shape index (κ2) is 4.38. The Morgan fingerprint density at radius 3 is 2.88 bits per heavy atom. The van der Waals surface area contributed by atoms with E-state index in [0.717, 1.165) is 25.5 Å². The van der Waals surface area contributed by atoms with Crippen LogP contribution in [0.2, 0.25) is 0 Å². The molecule has 0 fully saturated rings. The molecule has 2 nitrogen and oxygen atoms in total. The van der Waals surface area contributed by atoms with Crippen LogP contribution in [0.4, 0.5) is 0 Å². The fraction of sp³-hybridized carbons (Fsp3) is 0.500. The molecule has 1 aliphatic heterocycles. The molecule has 0 radical (unpaired) electrons. The Morgan fingerprint density at radius 2 is 2.19 bits per heavy atom. The number of fused-ring (bicyclic) bond motifs is 1. The lowest BCUT2D eigenvalue weighted by Crippen LogP contribution is -2.39. The number of carbonyl (C=O) groups excluding carboxylic acids is 1. The average molecular weight is 217 g/mol. The van der Waals surface area contributed by atoms with Gasteiger partial charge >= 0.3 is 0 Å². The van der Waals surface area contributed by atoms with E-state index in [1.807, 2.05) is 12.1 Å². The molecular weight excluding hydrogens is 198 g/mol. The molecule has 2 unspecified atom stereocenters. The van der Waals surface area contributed by atoms with Gasteiger partial charge in [0.1, 0.15) is 11.8 Å². The molecule has 1 aromatic carbocycles. The lowest BCUT2D eigenvalue weighted by molar-refractivity contribution is -0.113. The van der Waals surface area contributed by atoms with Crippen LogP contribution in [0.5, 0.6) is 0 Å². The molecule has 0 saturated heterocycles. The van der Waals surface area contributed by atoms with Crippen LogP contribution in [0.15, 0.2) is 24.3 Å². The molecule has 86 valence electrons. The smallest absolute Gasteiger partial charge is 0.144 e. The van der Waals surface area contributed by atoms with E-state index in [-0.39, 0.29) is 6.04 Å². The highest BCUT2D eigenvalue weighted by atomic mass is 16.1. The largest absolute Gasteiger partial charge is 0.301 e. The summed E-state index contributed by atoms with van der Waals surface area (Å²) in [7, 11) is 0. The Hall–Kier alpha value is -1.15. The fourth-order valence-electron chi connectivity index (χ4n) is 2.64. The zero-order valence-electron chi connectivity index (χ0n) is 9.99. The Balaban J connectivity index is 2.39. The van der Waals surface area contributed by atoms with Crippen molar-refractivity contribution in [2.45, 2.75) is 44.7 Å². The molecule has 1 N–H and O–H groups in total. The third kappa shape index (κ3) is 1.67. The molecule has 2 rings (SSSR count). The highest BCUT2D eigenvalue weighted by molar-refractivity contribution is 5.71. The zero-order chi connectivity index (χ0) is 11.6. The van der Waals surface area contributed by atoms with Crippen LogP contribution >= 0.6 is 0 Å². The van der Waals surface area contributed by atoms with E-state index >= 15 is 0 Å². The van der Waals surface area contributed by atoms with Gasteiger partial charge in [0.05, 0.1) is 0 Å². The van der Waals surface area contributed by atoms with E-state index < -0.39 is 5.54 Å². The summed E-state index contributed by atoms with van der Waals surface area (Å²) in [5.74, 6) is 0. The fourth-order valence-corrected chi connectivity index (χ4v) is 2.64. The molecular formula is C14H19NO. The standard InChI is InChI=1S/C14H19NO/c1-3-4-9-14(10-16)13-8-6-5-7-12(13)11(2)15-14/h5-8,10-11,15H,3-4,9H2,1-2H3. The molecule has 1 aliphatic rings. The number of hydrogen-bond donors (Lipinski definition) is 1. The number of unbranched alkanes of at least 4 members (excludes halogenated alkanes) is 1. The molecule has 0 aromatic heterocycles. The second-order valence-electron chi connectivity index (χ2n) is 4.65. The average Bonchev–Trinajstić information content (AvgIpc) is 2.62. The number of carbonyl (C=O) groups is 1. The highest BCUT2D eigenvalue weighted by Crippen LogP contribution is 2.39. The minimum atomic E-state index is -0.438. The van der Waals surface area contributed by atoms with Gasteiger partial charge in [-0.05, 0) is 24.5 Å². The van der Waals surface area contributed by atoms with E-state index in [1.54, 1.807) is 0 Å². The number of nitrogens with one attached hydrogen (secondary N) is 1. The summed E-state index contributed by atoms with van der Waals surface area (Å²) >= 11 is 0. The monoisotopic (exact) mass is 217 g/mol. The first-order valence-electron chi connectivity index (χ1n) is 6.07. The number of benzene rings is 1. The first-order chi connectivity index (χ1) is 7.73. The number of rotatable bonds is 4. The maximum Gasteiger partial charge on any atom is 0.144 e. The Bertz CT molecular complexity index is 388. The summed E-state index contributed by atoms with van der Waals surface area (Å²) in [6, 6.07) is 8.53. The first-order valence-corrected chi connectivity index (χ1v) is 6.07. The van der Waals surface area contributed by atoms with Gasteiger partial charge in [-0.3, -0.25) is 5.32 Å². The summed E-state index contributed by atoms with van der Waals surface area (Å²) in [4.78, 5) is 11.5. The number of aldehydes is 1. The van der Waals surface area contributed by atoms with Gasteiger partial charge in [0.2, 0.25) is 0 Å². The van der Waals surface area contributed by atoms with Gasteiger partial charge in [0.25, 0.3) is 0 Å². The van der Waals surface area contributed by atoms with Crippen molar-refractivity contribution in [3.8, 4) is 0 Å². The van der Waals surface area contributed by atoms with Gasteiger partial charge in [-0.2, -0.15) is 0 Å². The Morgan fingerprint density at radius 1 is 1.44 bits per heavy atom. The van der Waals surface area contributed by atoms with Crippen molar-refractivity contribution in [2.24, 2.45) is 0 Å². The van der Waals surface area contributed by atoms with Gasteiger partial charge in [-0.1, -0.05) is 44.0 Å². The van der Waals surface area contributed by atoms with Gasteiger partial charge in [-0.25, -0.2) is 0 Å². The van der Waals surface area contributed by atoms with E-state index in [2.05, 4.69) is 31.3 Å². The van der Waals surface area contributed by atoms with Crippen molar-refractivity contribution in [3.63, 3.8) is 0 Å². The van der Waals surface area contributed by atoms with Crippen LogP contribution < -0.4 is 5.32 Å². The van der Waals surface area contributed by atoms with Gasteiger partial charge in [-0.15, -0.1) is 0 Å². The van der Waals surface area contributed by atoms with Gasteiger partial charge in [0.15, 0.2) is 0 Å². The Kier molecular flexibility index (Phi) is 3.10. The molecule has 0 bridgehead atoms. The molecule has 0 saturated carbocycles. The van der Waals surface area contributed by atoms with Crippen LogP contribution in [-0.4, -0.2) is 6.29 Å². The van der Waals surface area contributed by atoms with Crippen LogP contribution in [0, 0.1) is 0 Å². The van der Waals surface area contributed by atoms with E-state index in [4.69, 9.17) is 0 Å². The van der Waals surface area contributed by atoms with Gasteiger partial charge < -0.3 is 4.79 Å². The Labute approximate surface area is 97.1 Å². The molecule has 0 spiro atoms. The molecule has 1 heterocycles. The van der Waals surface area contributed by atoms with Crippen molar-refractivity contribution < 1.29 is 4.79 Å². The van der Waals surface area contributed by atoms with Crippen molar-refractivity contribution in [2.75, 3.05) is 0 Å². The van der Waals surface area contributed by atoms with Crippen LogP contribution in [0.1, 0.15) is 50.3 Å². The molecule has 16 heavy (non-hydrogen) atoms. The predicted molar refractivity (Wildman–Crippen MR) is 65.3 cm³/mol. The molecule has 1 aromatic rings. The normalized spacial score (nSPS) is 27.8. The van der Waals surface area contributed by atoms with E-state index in [1.165, 1.54) is 11.1 Å². The molecule has 0 aliphatic carbocycles. The second-order valence-corrected chi connectivity index (χ2v) is 4.65. The van der Waals surface area contributed by atoms with Crippen molar-refractivity contribution in [1.82, 2.24) is 5.32 Å². The van der Waals surface area contributed by atoms with Crippen molar-refractivity contribution in [3.05, 3.63) is 35.4 Å². The maximum atomic E-state index is 11.5. The van der Waals surface area contributed by atoms with Crippen molar-refractivity contribution >= 4 is 6.29 Å². The summed E-state index contributed by atoms with van der Waals surface area (Å²) in [5.41, 5.74) is 2.00. The third-order valence-electron chi connectivity index (χ3n) is 3.51. The summed E-state index contributed by atoms with van der Waals surface area (Å²) in [6.45, 7) is 4.28. The van der Waals surface area contributed by atoms with Crippen LogP contribution in [0.3, 0.4) is 0 Å². The van der Waals surface area contributed by atoms with Crippen molar-refractivity contribution in [1.29, 1.82) is 0 Å². The zero-order valence-corrected chi connectivity index (χ0v) is 9.99. The highest BCUT2D eigenvalue weighted by Gasteiger charge is 2.40. The number of hydrogen-bond acceptors (Lipinski definition) is 2. The minimum Gasteiger partial charge on any atom is -0.301 e. The molecule has 2 atom stereocenters. The summed E-state index contributed by atoms with van der Waals surface area (Å²) in [6.07, 6.45) is 4.18. The predicted octanol–water partition coefficient (Wildman–Crippen LogP) is 2.94.